The first-order valence-corrected chi connectivity index (χ1v) is 17.2. The molecule has 1 heterocycles. The van der Waals surface area contributed by atoms with Gasteiger partial charge in [-0.15, -0.1) is 0 Å². The Morgan fingerprint density at radius 2 is 1.58 bits per heavy atom. The van der Waals surface area contributed by atoms with Crippen molar-refractivity contribution in [1.82, 2.24) is 9.80 Å². The molecule has 1 aromatic carbocycles. The van der Waals surface area contributed by atoms with Crippen LogP contribution in [0.2, 0.25) is 0 Å². The number of carbonyl (C=O) groups excluding carboxylic acids is 2. The van der Waals surface area contributed by atoms with E-state index in [9.17, 15) is 33.6 Å². The van der Waals surface area contributed by atoms with Crippen molar-refractivity contribution in [3.8, 4) is 5.75 Å². The lowest BCUT2D eigenvalue weighted by molar-refractivity contribution is -0.146. The van der Waals surface area contributed by atoms with Gasteiger partial charge in [-0.25, -0.2) is 18.9 Å². The van der Waals surface area contributed by atoms with Gasteiger partial charge >= 0.3 is 18.2 Å². The molecular weight excluding hydrogens is 606 g/mol. The van der Waals surface area contributed by atoms with Crippen LogP contribution in [0.15, 0.2) is 18.2 Å². The van der Waals surface area contributed by atoms with Crippen LogP contribution in [0.1, 0.15) is 94.1 Å². The van der Waals surface area contributed by atoms with Crippen molar-refractivity contribution >= 4 is 25.5 Å². The first-order valence-electron chi connectivity index (χ1n) is 15.4. The highest BCUT2D eigenvalue weighted by atomic mass is 31.2. The summed E-state index contributed by atoms with van der Waals surface area (Å²) in [5, 5.41) is 18.8. The number of carboxylic acid groups (broad SMARTS) is 1. The number of halogens is 1. The summed E-state index contributed by atoms with van der Waals surface area (Å²) in [5.74, 6) is -2.15. The number of amides is 2. The highest BCUT2D eigenvalue weighted by Gasteiger charge is 2.66. The Morgan fingerprint density at radius 3 is 2.02 bits per heavy atom. The molecule has 11 nitrogen and oxygen atoms in total. The smallest absolute Gasteiger partial charge is 0.419 e. The van der Waals surface area contributed by atoms with Gasteiger partial charge in [-0.1, -0.05) is 26.8 Å². The number of hydrogen-bond acceptors (Lipinski definition) is 9. The van der Waals surface area contributed by atoms with E-state index in [0.717, 1.165) is 11.0 Å². The minimum absolute atomic E-state index is 0.0280. The van der Waals surface area contributed by atoms with E-state index in [4.69, 9.17) is 14.0 Å². The summed E-state index contributed by atoms with van der Waals surface area (Å²) in [6.07, 6.45) is -1.59. The number of imide groups is 1. The summed E-state index contributed by atoms with van der Waals surface area (Å²) in [7, 11) is -3.85. The number of unbranched alkanes of at least 4 members (excludes halogenated alkanes) is 1. The third kappa shape index (κ3) is 9.66. The van der Waals surface area contributed by atoms with Crippen LogP contribution in [-0.2, 0) is 29.9 Å². The summed E-state index contributed by atoms with van der Waals surface area (Å²) in [6, 6.07) is 2.97. The molecule has 1 fully saturated rings. The highest BCUT2D eigenvalue weighted by molar-refractivity contribution is 7.62. The van der Waals surface area contributed by atoms with Crippen LogP contribution in [0, 0.1) is 11.2 Å². The molecule has 13 heteroatoms. The summed E-state index contributed by atoms with van der Waals surface area (Å²) >= 11 is 0. The van der Waals surface area contributed by atoms with E-state index in [1.807, 2.05) is 25.7 Å². The van der Waals surface area contributed by atoms with Gasteiger partial charge in [0.05, 0.1) is 6.61 Å². The fraction of sp³-hybridized carbons (Fsp3) is 0.719. The first kappa shape index (κ1) is 38.5. The minimum atomic E-state index is -3.85. The number of carboxylic acids is 1. The summed E-state index contributed by atoms with van der Waals surface area (Å²) in [5.41, 5.74) is -2.24. The number of aliphatic carboxylic acids is 1. The summed E-state index contributed by atoms with van der Waals surface area (Å²) in [4.78, 5) is 42.1. The Balaban J connectivity index is 2.49. The number of carbonyl (C=O) groups is 3. The predicted molar refractivity (Wildman–Crippen MR) is 169 cm³/mol. The predicted octanol–water partition coefficient (Wildman–Crippen LogP) is 7.24. The van der Waals surface area contributed by atoms with Gasteiger partial charge in [0.25, 0.3) is 0 Å². The fourth-order valence-corrected chi connectivity index (χ4v) is 9.42. The molecule has 256 valence electrons. The van der Waals surface area contributed by atoms with E-state index < -0.39 is 59.2 Å². The number of nitrogens with zero attached hydrogens (tertiary/aromatic N) is 2. The van der Waals surface area contributed by atoms with Crippen LogP contribution >= 0.6 is 7.37 Å². The molecule has 0 spiro atoms. The molecule has 0 aliphatic carbocycles. The second-order valence-corrected chi connectivity index (χ2v) is 17.5. The second-order valence-electron chi connectivity index (χ2n) is 14.6. The molecule has 0 aromatic heterocycles. The molecule has 0 saturated carbocycles. The molecule has 2 rings (SSSR count). The average Bonchev–Trinajstić information content (AvgIpc) is 2.84. The van der Waals surface area contributed by atoms with Gasteiger partial charge < -0.3 is 24.2 Å². The number of aromatic hydroxyl groups is 1. The SMILES string of the molecule is CCOP1(=O)CCN(Cc2ccc(O)cc2F)C(C(C)(C)C)C1(CCCCN(C(=O)OC(C)(C)C)C(=O)OC(C)(C)C)C(=O)O. The maximum absolute atomic E-state index is 14.9. The zero-order valence-electron chi connectivity index (χ0n) is 28.4. The molecule has 3 unspecified atom stereocenters. The van der Waals surface area contributed by atoms with Crippen molar-refractivity contribution in [3.63, 3.8) is 0 Å². The Kier molecular flexibility index (Phi) is 12.3. The van der Waals surface area contributed by atoms with E-state index in [1.54, 1.807) is 48.5 Å². The van der Waals surface area contributed by atoms with Crippen molar-refractivity contribution in [2.75, 3.05) is 25.9 Å². The van der Waals surface area contributed by atoms with Crippen molar-refractivity contribution < 1.29 is 47.5 Å². The Hall–Kier alpha value is -2.69. The number of benzene rings is 1. The van der Waals surface area contributed by atoms with Crippen LogP contribution in [0.25, 0.3) is 0 Å². The van der Waals surface area contributed by atoms with Crippen molar-refractivity contribution in [2.45, 2.75) is 117 Å². The molecule has 1 aliphatic heterocycles. The molecule has 45 heavy (non-hydrogen) atoms. The zero-order chi connectivity index (χ0) is 34.6. The van der Waals surface area contributed by atoms with Crippen LogP contribution in [0.3, 0.4) is 0 Å². The normalized spacial score (nSPS) is 23.0. The van der Waals surface area contributed by atoms with Crippen LogP contribution in [0.5, 0.6) is 5.75 Å². The lowest BCUT2D eigenvalue weighted by Crippen LogP contribution is -2.66. The van der Waals surface area contributed by atoms with Crippen molar-refractivity contribution in [1.29, 1.82) is 0 Å². The lowest BCUT2D eigenvalue weighted by Gasteiger charge is -2.55. The number of phenols is 1. The molecule has 0 radical (unpaired) electrons. The third-order valence-electron chi connectivity index (χ3n) is 7.46. The van der Waals surface area contributed by atoms with Crippen molar-refractivity contribution in [2.24, 2.45) is 5.41 Å². The van der Waals surface area contributed by atoms with Gasteiger partial charge in [0.2, 0.25) is 7.37 Å². The number of hydrogen-bond donors (Lipinski definition) is 2. The molecule has 2 N–H and O–H groups in total. The van der Waals surface area contributed by atoms with E-state index in [2.05, 4.69) is 0 Å². The Labute approximate surface area is 266 Å². The van der Waals surface area contributed by atoms with Crippen LogP contribution < -0.4 is 0 Å². The monoisotopic (exact) mass is 658 g/mol. The minimum Gasteiger partial charge on any atom is -0.508 e. The van der Waals surface area contributed by atoms with E-state index in [1.165, 1.54) is 12.1 Å². The number of ether oxygens (including phenoxy) is 2. The van der Waals surface area contributed by atoms with Gasteiger partial charge in [0.1, 0.15) is 22.8 Å². The van der Waals surface area contributed by atoms with Crippen LogP contribution in [0.4, 0.5) is 14.0 Å². The Bertz CT molecular complexity index is 1240. The molecule has 1 aromatic rings. The molecule has 2 amide bonds. The number of rotatable bonds is 10. The fourth-order valence-electron chi connectivity index (χ4n) is 6.02. The molecular formula is C32H52FN2O9P. The molecule has 1 aliphatic rings. The highest BCUT2D eigenvalue weighted by Crippen LogP contribution is 2.67. The Morgan fingerprint density at radius 1 is 1.02 bits per heavy atom. The van der Waals surface area contributed by atoms with Gasteiger partial charge in [-0.3, -0.25) is 14.3 Å². The maximum Gasteiger partial charge on any atom is 0.419 e. The van der Waals surface area contributed by atoms with Crippen molar-refractivity contribution in [3.05, 3.63) is 29.6 Å². The largest absolute Gasteiger partial charge is 0.508 e. The van der Waals surface area contributed by atoms with E-state index in [0.29, 0.717) is 0 Å². The topological polar surface area (TPSA) is 143 Å². The lowest BCUT2D eigenvalue weighted by atomic mass is 9.74. The van der Waals surface area contributed by atoms with Gasteiger partial charge in [-0.2, -0.15) is 0 Å². The van der Waals surface area contributed by atoms with Gasteiger partial charge in [0, 0.05) is 43.5 Å². The third-order valence-corrected chi connectivity index (χ3v) is 10.8. The standard InChI is InChI=1S/C32H52FN2O9P/c1-11-42-45(41)19-18-34(21-22-14-15-23(36)20-24(22)33)25(29(2,3)4)32(45,26(37)38)16-12-13-17-35(27(39)43-30(5,6)7)28(40)44-31(8,9)10/h14-15,20,25,36H,11-13,16-19,21H2,1-10H3,(H,37,38). The van der Waals surface area contributed by atoms with E-state index >= 15 is 0 Å². The zero-order valence-corrected chi connectivity index (χ0v) is 29.3. The van der Waals surface area contributed by atoms with Crippen LogP contribution in [-0.4, -0.2) is 86.4 Å². The molecule has 0 bridgehead atoms. The van der Waals surface area contributed by atoms with E-state index in [-0.39, 0.29) is 63.0 Å². The number of phenolic OH excluding ortho intramolecular Hbond substituents is 1. The second kappa shape index (κ2) is 14.4. The molecule has 1 saturated heterocycles. The summed E-state index contributed by atoms with van der Waals surface area (Å²) in [6.45, 7) is 17.4. The summed E-state index contributed by atoms with van der Waals surface area (Å²) < 4.78 is 46.2. The first-order chi connectivity index (χ1) is 20.5. The molecule has 3 atom stereocenters. The van der Waals surface area contributed by atoms with Gasteiger partial charge in [-0.05, 0) is 79.2 Å². The maximum atomic E-state index is 14.9. The van der Waals surface area contributed by atoms with Gasteiger partial charge in [0.15, 0.2) is 5.16 Å². The average molecular weight is 659 g/mol. The quantitative estimate of drug-likeness (QED) is 0.195.